The minimum atomic E-state index is -0.629. The molecule has 34 heavy (non-hydrogen) atoms. The summed E-state index contributed by atoms with van der Waals surface area (Å²) >= 11 is 1.34. The molecule has 0 aliphatic carbocycles. The van der Waals surface area contributed by atoms with Crippen LogP contribution in [0.3, 0.4) is 0 Å². The average Bonchev–Trinajstić information content (AvgIpc) is 3.57. The summed E-state index contributed by atoms with van der Waals surface area (Å²) in [4.78, 5) is 42.9. The molecule has 3 N–H and O–H groups in total. The van der Waals surface area contributed by atoms with E-state index in [1.54, 1.807) is 60.7 Å². The van der Waals surface area contributed by atoms with Gasteiger partial charge in [0, 0.05) is 40.5 Å². The van der Waals surface area contributed by atoms with Crippen molar-refractivity contribution in [3.05, 3.63) is 93.3 Å². The topological polar surface area (TPSA) is 116 Å². The Morgan fingerprint density at radius 3 is 2.71 bits per heavy atom. The predicted octanol–water partition coefficient (Wildman–Crippen LogP) is 4.70. The summed E-state index contributed by atoms with van der Waals surface area (Å²) in [5.74, 6) is -0.804. The summed E-state index contributed by atoms with van der Waals surface area (Å²) in [6, 6.07) is 17.2. The number of aryl methyl sites for hydroxylation is 1. The minimum Gasteiger partial charge on any atom is -0.325 e. The Balaban J connectivity index is 1.38. The number of nitrogens with zero attached hydrogens (tertiary/aromatic N) is 2. The average molecular weight is 470 g/mol. The van der Waals surface area contributed by atoms with Crippen LogP contribution in [0.15, 0.2) is 71.0 Å². The minimum absolute atomic E-state index is 0.214. The third kappa shape index (κ3) is 4.28. The van der Waals surface area contributed by atoms with Crippen molar-refractivity contribution in [3.8, 4) is 0 Å². The predicted molar refractivity (Wildman–Crippen MR) is 131 cm³/mol. The maximum absolute atomic E-state index is 13.2. The van der Waals surface area contributed by atoms with Crippen molar-refractivity contribution >= 4 is 52.3 Å². The van der Waals surface area contributed by atoms with Crippen molar-refractivity contribution in [1.82, 2.24) is 10.2 Å². The number of anilines is 2. The monoisotopic (exact) mass is 469 g/mol. The van der Waals surface area contributed by atoms with Crippen LogP contribution in [0.5, 0.6) is 0 Å². The van der Waals surface area contributed by atoms with E-state index in [0.717, 1.165) is 5.69 Å². The molecule has 0 bridgehead atoms. The van der Waals surface area contributed by atoms with Crippen molar-refractivity contribution in [2.75, 3.05) is 10.6 Å². The Hall–Kier alpha value is -4.37. The lowest BCUT2D eigenvalue weighted by molar-refractivity contribution is -0.115. The van der Waals surface area contributed by atoms with Gasteiger partial charge in [0.15, 0.2) is 11.6 Å². The van der Waals surface area contributed by atoms with E-state index < -0.39 is 5.92 Å². The van der Waals surface area contributed by atoms with Crippen molar-refractivity contribution < 1.29 is 14.4 Å². The van der Waals surface area contributed by atoms with Gasteiger partial charge in [-0.25, -0.2) is 4.99 Å². The van der Waals surface area contributed by atoms with Gasteiger partial charge in [-0.3, -0.25) is 19.5 Å². The van der Waals surface area contributed by atoms with Gasteiger partial charge in [0.1, 0.15) is 5.92 Å². The van der Waals surface area contributed by atoms with Crippen LogP contribution in [0.2, 0.25) is 0 Å². The molecule has 8 nitrogen and oxygen atoms in total. The van der Waals surface area contributed by atoms with Crippen LogP contribution < -0.4 is 10.6 Å². The first-order chi connectivity index (χ1) is 16.5. The summed E-state index contributed by atoms with van der Waals surface area (Å²) < 4.78 is 0. The number of aromatic nitrogens is 2. The number of carbonyl (C=O) groups is 3. The quantitative estimate of drug-likeness (QED) is 0.280. The van der Waals surface area contributed by atoms with Crippen LogP contribution in [-0.2, 0) is 4.79 Å². The molecule has 2 aromatic heterocycles. The van der Waals surface area contributed by atoms with Crippen molar-refractivity contribution in [1.29, 1.82) is 0 Å². The van der Waals surface area contributed by atoms with Gasteiger partial charge >= 0.3 is 0 Å². The van der Waals surface area contributed by atoms with Crippen LogP contribution in [0.4, 0.5) is 17.2 Å². The molecular formula is C25H19N5O3S. The molecule has 3 heterocycles. The van der Waals surface area contributed by atoms with Crippen LogP contribution in [0.1, 0.15) is 42.8 Å². The molecule has 2 amide bonds. The molecule has 1 atom stereocenters. The lowest BCUT2D eigenvalue weighted by atomic mass is 9.96. The summed E-state index contributed by atoms with van der Waals surface area (Å²) in [7, 11) is 0. The molecule has 168 valence electrons. The second kappa shape index (κ2) is 8.87. The Labute approximate surface area is 198 Å². The summed E-state index contributed by atoms with van der Waals surface area (Å²) in [6.45, 7) is 1.87. The number of ketones is 1. The number of rotatable bonds is 6. The molecule has 0 radical (unpaired) electrons. The fourth-order valence-corrected chi connectivity index (χ4v) is 4.32. The molecule has 1 aliphatic rings. The molecule has 0 saturated heterocycles. The van der Waals surface area contributed by atoms with Gasteiger partial charge in [-0.05, 0) is 54.3 Å². The zero-order valence-electron chi connectivity index (χ0n) is 18.0. The number of carbonyl (C=O) groups excluding carboxylic acids is 3. The Bertz CT molecular complexity index is 1440. The van der Waals surface area contributed by atoms with Gasteiger partial charge in [-0.2, -0.15) is 5.10 Å². The van der Waals surface area contributed by atoms with Crippen LogP contribution >= 0.6 is 11.3 Å². The lowest BCUT2D eigenvalue weighted by Crippen LogP contribution is -2.13. The number of amides is 2. The third-order valence-corrected chi connectivity index (χ3v) is 6.23. The molecule has 0 saturated carbocycles. The van der Waals surface area contributed by atoms with Crippen molar-refractivity contribution in [2.24, 2.45) is 4.99 Å². The number of hydrogen-bond acceptors (Lipinski definition) is 6. The van der Waals surface area contributed by atoms with Gasteiger partial charge in [-0.1, -0.05) is 18.2 Å². The Morgan fingerprint density at radius 1 is 1.09 bits per heavy atom. The van der Waals surface area contributed by atoms with Crippen LogP contribution in [0, 0.1) is 6.92 Å². The summed E-state index contributed by atoms with van der Waals surface area (Å²) in [5.41, 5.74) is 3.58. The molecule has 0 spiro atoms. The highest BCUT2D eigenvalue weighted by Gasteiger charge is 2.30. The molecule has 0 fully saturated rings. The van der Waals surface area contributed by atoms with E-state index in [9.17, 15) is 14.4 Å². The van der Waals surface area contributed by atoms with Gasteiger partial charge in [-0.15, -0.1) is 11.3 Å². The third-order valence-electron chi connectivity index (χ3n) is 5.37. The van der Waals surface area contributed by atoms with Gasteiger partial charge in [0.05, 0.1) is 4.88 Å². The molecule has 2 aromatic carbocycles. The number of aliphatic imine (C=N–C) groups is 1. The molecule has 1 aliphatic heterocycles. The van der Waals surface area contributed by atoms with Crippen LogP contribution in [-0.4, -0.2) is 34.0 Å². The highest BCUT2D eigenvalue weighted by molar-refractivity contribution is 7.12. The zero-order valence-corrected chi connectivity index (χ0v) is 18.8. The van der Waals surface area contributed by atoms with Gasteiger partial charge in [0.25, 0.3) is 5.91 Å². The fourth-order valence-electron chi connectivity index (χ4n) is 3.70. The van der Waals surface area contributed by atoms with Crippen molar-refractivity contribution in [3.63, 3.8) is 0 Å². The number of benzene rings is 2. The second-order valence-corrected chi connectivity index (χ2v) is 8.75. The first kappa shape index (κ1) is 21.5. The smallest absolute Gasteiger partial charge is 0.265 e. The molecule has 1 unspecified atom stereocenters. The number of thiophene rings is 1. The van der Waals surface area contributed by atoms with Gasteiger partial charge < -0.3 is 10.6 Å². The maximum Gasteiger partial charge on any atom is 0.265 e. The molecule has 5 rings (SSSR count). The largest absolute Gasteiger partial charge is 0.325 e. The van der Waals surface area contributed by atoms with E-state index in [-0.39, 0.29) is 17.6 Å². The van der Waals surface area contributed by atoms with E-state index in [2.05, 4.69) is 25.8 Å². The number of aromatic amines is 1. The normalized spacial score (nSPS) is 14.7. The Kier molecular flexibility index (Phi) is 5.60. The maximum atomic E-state index is 13.2. The van der Waals surface area contributed by atoms with Crippen LogP contribution in [0.25, 0.3) is 0 Å². The van der Waals surface area contributed by atoms with E-state index >= 15 is 0 Å². The van der Waals surface area contributed by atoms with E-state index in [1.807, 2.05) is 12.3 Å². The molecule has 9 heteroatoms. The SMILES string of the molecule is Cc1cc(N=CC2C(=O)Nc3ccc(C(=O)c4cccc(NC(=O)c5cccs5)c4)cc32)n[nH]1. The first-order valence-corrected chi connectivity index (χ1v) is 11.4. The molecular weight excluding hydrogens is 450 g/mol. The highest BCUT2D eigenvalue weighted by Crippen LogP contribution is 2.33. The zero-order chi connectivity index (χ0) is 23.7. The van der Waals surface area contributed by atoms with Gasteiger partial charge in [0.2, 0.25) is 5.91 Å². The number of nitrogens with one attached hydrogen (secondary N) is 3. The van der Waals surface area contributed by atoms with Crippen molar-refractivity contribution in [2.45, 2.75) is 12.8 Å². The standard InChI is InChI=1S/C25H19N5O3S/c1-14-10-22(30-29-14)26-13-19-18-12-16(7-8-20(18)28-24(19)32)23(31)15-4-2-5-17(11-15)27-25(33)21-6-3-9-34-21/h2-13,19H,1H3,(H,27,33)(H,28,32)(H,29,30). The Morgan fingerprint density at radius 2 is 1.94 bits per heavy atom. The number of H-pyrrole nitrogens is 1. The number of fused-ring (bicyclic) bond motifs is 1. The fraction of sp³-hybridized carbons (Fsp3) is 0.0800. The lowest BCUT2D eigenvalue weighted by Gasteiger charge is -2.08. The van der Waals surface area contributed by atoms with E-state index in [4.69, 9.17) is 0 Å². The van der Waals surface area contributed by atoms with E-state index in [1.165, 1.54) is 17.6 Å². The summed E-state index contributed by atoms with van der Waals surface area (Å²) in [6.07, 6.45) is 1.53. The second-order valence-electron chi connectivity index (χ2n) is 7.80. The summed E-state index contributed by atoms with van der Waals surface area (Å²) in [5, 5.41) is 14.3. The highest BCUT2D eigenvalue weighted by atomic mass is 32.1. The number of hydrogen-bond donors (Lipinski definition) is 3. The molecule has 4 aromatic rings. The first-order valence-electron chi connectivity index (χ1n) is 10.5. The van der Waals surface area contributed by atoms with E-state index in [0.29, 0.717) is 38.8 Å².